The van der Waals surface area contributed by atoms with Crippen LogP contribution in [0.5, 0.6) is 0 Å². The predicted molar refractivity (Wildman–Crippen MR) is 121 cm³/mol. The number of anilines is 1. The van der Waals surface area contributed by atoms with Crippen LogP contribution in [0, 0.1) is 5.82 Å². The number of fused-ring (bicyclic) bond motifs is 1. The monoisotopic (exact) mass is 496 g/mol. The molecule has 8 nitrogen and oxygen atoms in total. The zero-order valence-corrected chi connectivity index (χ0v) is 19.6. The standard InChI is InChI=1S/C22H24ClF3N6O2/c1-21(2,3)34-20(33)32-5-4-22(25,26)7-13(32)9-28-19-16(24)11-30-18(31-19)15-10-29-17-14(15)6-12(23)8-27-17/h6,8,10-11,13H,4-5,7,9H2,1-3H3,(H,27,29)(H,28,30,31). The molecule has 12 heteroatoms. The molecule has 0 bridgehead atoms. The van der Waals surface area contributed by atoms with Crippen LogP contribution in [0.3, 0.4) is 0 Å². The molecule has 0 aromatic carbocycles. The number of alkyl halides is 2. The number of ether oxygens (including phenoxy) is 1. The average Bonchev–Trinajstić information content (AvgIpc) is 3.14. The molecule has 1 saturated heterocycles. The van der Waals surface area contributed by atoms with Gasteiger partial charge < -0.3 is 19.9 Å². The summed E-state index contributed by atoms with van der Waals surface area (Å²) in [7, 11) is 0. The normalized spacial score (nSPS) is 18.2. The van der Waals surface area contributed by atoms with Gasteiger partial charge in [0.25, 0.3) is 5.92 Å². The predicted octanol–water partition coefficient (Wildman–Crippen LogP) is 5.26. The maximum absolute atomic E-state index is 14.5. The van der Waals surface area contributed by atoms with Gasteiger partial charge in [0.05, 0.1) is 17.3 Å². The van der Waals surface area contributed by atoms with E-state index in [1.165, 1.54) is 11.1 Å². The van der Waals surface area contributed by atoms with Gasteiger partial charge >= 0.3 is 6.09 Å². The highest BCUT2D eigenvalue weighted by Crippen LogP contribution is 2.33. The van der Waals surface area contributed by atoms with E-state index >= 15 is 0 Å². The number of hydrogen-bond donors (Lipinski definition) is 2. The molecule has 1 aliphatic heterocycles. The van der Waals surface area contributed by atoms with E-state index in [1.807, 2.05) is 0 Å². The number of rotatable bonds is 4. The summed E-state index contributed by atoms with van der Waals surface area (Å²) in [6.07, 6.45) is 2.36. The van der Waals surface area contributed by atoms with Crippen LogP contribution < -0.4 is 5.32 Å². The summed E-state index contributed by atoms with van der Waals surface area (Å²) >= 11 is 6.04. The first kappa shape index (κ1) is 24.1. The molecule has 1 amide bonds. The zero-order chi connectivity index (χ0) is 24.7. The molecule has 1 atom stereocenters. The molecule has 4 rings (SSSR count). The Morgan fingerprint density at radius 1 is 1.35 bits per heavy atom. The molecule has 0 radical (unpaired) electrons. The van der Waals surface area contributed by atoms with E-state index in [2.05, 4.69) is 25.3 Å². The summed E-state index contributed by atoms with van der Waals surface area (Å²) in [6.45, 7) is 4.77. The minimum absolute atomic E-state index is 0.149. The largest absolute Gasteiger partial charge is 0.444 e. The fourth-order valence-electron chi connectivity index (χ4n) is 3.77. The summed E-state index contributed by atoms with van der Waals surface area (Å²) in [4.78, 5) is 29.3. The van der Waals surface area contributed by atoms with Gasteiger partial charge in [-0.3, -0.25) is 0 Å². The Morgan fingerprint density at radius 3 is 2.85 bits per heavy atom. The van der Waals surface area contributed by atoms with Gasteiger partial charge in [-0.15, -0.1) is 0 Å². The van der Waals surface area contributed by atoms with Crippen molar-refractivity contribution in [3.05, 3.63) is 35.5 Å². The molecule has 1 unspecified atom stereocenters. The van der Waals surface area contributed by atoms with Gasteiger partial charge in [-0.1, -0.05) is 11.6 Å². The number of H-pyrrole nitrogens is 1. The highest BCUT2D eigenvalue weighted by Gasteiger charge is 2.43. The van der Waals surface area contributed by atoms with Crippen LogP contribution in [0.15, 0.2) is 24.7 Å². The van der Waals surface area contributed by atoms with Crippen molar-refractivity contribution in [2.45, 2.75) is 51.2 Å². The Balaban J connectivity index is 1.56. The Kier molecular flexibility index (Phi) is 6.32. The van der Waals surface area contributed by atoms with Crippen LogP contribution in [-0.2, 0) is 4.74 Å². The van der Waals surface area contributed by atoms with Gasteiger partial charge in [-0.25, -0.2) is 32.9 Å². The summed E-state index contributed by atoms with van der Waals surface area (Å²) in [5, 5.41) is 3.83. The third kappa shape index (κ3) is 5.35. The van der Waals surface area contributed by atoms with E-state index in [9.17, 15) is 18.0 Å². The van der Waals surface area contributed by atoms with Crippen molar-refractivity contribution < 1.29 is 22.7 Å². The minimum atomic E-state index is -2.95. The molecular formula is C22H24ClF3N6O2. The first-order chi connectivity index (χ1) is 15.9. The van der Waals surface area contributed by atoms with Crippen LogP contribution in [-0.4, -0.2) is 61.6 Å². The first-order valence-electron chi connectivity index (χ1n) is 10.7. The quantitative estimate of drug-likeness (QED) is 0.511. The number of carbonyl (C=O) groups excluding carboxylic acids is 1. The molecule has 0 aliphatic carbocycles. The van der Waals surface area contributed by atoms with Crippen LogP contribution >= 0.6 is 11.6 Å². The summed E-state index contributed by atoms with van der Waals surface area (Å²) < 4.78 is 48.1. The lowest BCUT2D eigenvalue weighted by Crippen LogP contribution is -2.53. The number of likely N-dealkylation sites (tertiary alicyclic amines) is 1. The van der Waals surface area contributed by atoms with Gasteiger partial charge in [0, 0.05) is 49.3 Å². The summed E-state index contributed by atoms with van der Waals surface area (Å²) in [5.41, 5.74) is 0.326. The van der Waals surface area contributed by atoms with Crippen molar-refractivity contribution in [1.82, 2.24) is 24.8 Å². The van der Waals surface area contributed by atoms with Gasteiger partial charge in [0.1, 0.15) is 11.2 Å². The number of pyridine rings is 1. The smallest absolute Gasteiger partial charge is 0.410 e. The van der Waals surface area contributed by atoms with Crippen molar-refractivity contribution >= 4 is 34.5 Å². The number of piperidine rings is 1. The highest BCUT2D eigenvalue weighted by molar-refractivity contribution is 6.31. The molecule has 0 saturated carbocycles. The molecule has 3 aromatic rings. The van der Waals surface area contributed by atoms with E-state index < -0.39 is 42.3 Å². The van der Waals surface area contributed by atoms with E-state index in [4.69, 9.17) is 16.3 Å². The van der Waals surface area contributed by atoms with Crippen LogP contribution in [0.25, 0.3) is 22.4 Å². The van der Waals surface area contributed by atoms with Gasteiger partial charge in [-0.2, -0.15) is 0 Å². The average molecular weight is 497 g/mol. The van der Waals surface area contributed by atoms with Gasteiger partial charge in [0.2, 0.25) is 0 Å². The van der Waals surface area contributed by atoms with E-state index in [0.717, 1.165) is 6.20 Å². The lowest BCUT2D eigenvalue weighted by atomic mass is 9.98. The lowest BCUT2D eigenvalue weighted by Gasteiger charge is -2.39. The second kappa shape index (κ2) is 8.94. The number of aromatic amines is 1. The number of nitrogens with zero attached hydrogens (tertiary/aromatic N) is 4. The molecule has 2 N–H and O–H groups in total. The number of carbonyl (C=O) groups is 1. The molecule has 4 heterocycles. The Morgan fingerprint density at radius 2 is 2.12 bits per heavy atom. The van der Waals surface area contributed by atoms with E-state index in [1.54, 1.807) is 33.0 Å². The maximum Gasteiger partial charge on any atom is 0.410 e. The van der Waals surface area contributed by atoms with E-state index in [-0.39, 0.29) is 24.7 Å². The highest BCUT2D eigenvalue weighted by atomic mass is 35.5. The van der Waals surface area contributed by atoms with Crippen molar-refractivity contribution in [3.63, 3.8) is 0 Å². The lowest BCUT2D eigenvalue weighted by molar-refractivity contribution is -0.0774. The fourth-order valence-corrected chi connectivity index (χ4v) is 3.92. The van der Waals surface area contributed by atoms with Crippen LogP contribution in [0.2, 0.25) is 5.02 Å². The third-order valence-electron chi connectivity index (χ3n) is 5.31. The minimum Gasteiger partial charge on any atom is -0.444 e. The second-order valence-corrected chi connectivity index (χ2v) is 9.60. The zero-order valence-electron chi connectivity index (χ0n) is 18.8. The second-order valence-electron chi connectivity index (χ2n) is 9.16. The van der Waals surface area contributed by atoms with Crippen molar-refractivity contribution in [1.29, 1.82) is 0 Å². The Bertz CT molecular complexity index is 1210. The van der Waals surface area contributed by atoms with E-state index in [0.29, 0.717) is 21.6 Å². The summed E-state index contributed by atoms with van der Waals surface area (Å²) in [5.74, 6) is -3.69. The molecular weight excluding hydrogens is 473 g/mol. The SMILES string of the molecule is CC(C)(C)OC(=O)N1CCC(F)(F)CC1CNc1nc(-c2c[nH]c3ncc(Cl)cc23)ncc1F. The van der Waals surface area contributed by atoms with Crippen LogP contribution in [0.1, 0.15) is 33.6 Å². The molecule has 34 heavy (non-hydrogen) atoms. The van der Waals surface area contributed by atoms with Crippen LogP contribution in [0.4, 0.5) is 23.8 Å². The maximum atomic E-state index is 14.5. The molecule has 0 spiro atoms. The Hall–Kier alpha value is -3.08. The molecule has 1 fully saturated rings. The molecule has 182 valence electrons. The molecule has 3 aromatic heterocycles. The number of halogens is 4. The third-order valence-corrected chi connectivity index (χ3v) is 5.52. The topological polar surface area (TPSA) is 96.0 Å². The fraction of sp³-hybridized carbons (Fsp3) is 0.455. The first-order valence-corrected chi connectivity index (χ1v) is 11.1. The number of amides is 1. The van der Waals surface area contributed by atoms with Crippen molar-refractivity contribution in [2.75, 3.05) is 18.4 Å². The Labute approximate surface area is 198 Å². The number of hydrogen-bond acceptors (Lipinski definition) is 6. The van der Waals surface area contributed by atoms with Crippen molar-refractivity contribution in [3.8, 4) is 11.4 Å². The number of nitrogens with one attached hydrogen (secondary N) is 2. The summed E-state index contributed by atoms with van der Waals surface area (Å²) in [6, 6.07) is 0.755. The molecule has 1 aliphatic rings. The van der Waals surface area contributed by atoms with Crippen molar-refractivity contribution in [2.24, 2.45) is 0 Å². The van der Waals surface area contributed by atoms with Gasteiger partial charge in [0.15, 0.2) is 17.5 Å². The van der Waals surface area contributed by atoms with Gasteiger partial charge in [-0.05, 0) is 26.8 Å². The number of aromatic nitrogens is 4.